The Kier molecular flexibility index (Phi) is 26.3. The van der Waals surface area contributed by atoms with Gasteiger partial charge in [-0.2, -0.15) is 0 Å². The Morgan fingerprint density at radius 3 is 1.55 bits per heavy atom. The van der Waals surface area contributed by atoms with Crippen LogP contribution in [0.4, 0.5) is 25.0 Å². The van der Waals surface area contributed by atoms with Gasteiger partial charge in [0, 0.05) is 65.3 Å². The van der Waals surface area contributed by atoms with Gasteiger partial charge in [0.15, 0.2) is 47.2 Å². The van der Waals surface area contributed by atoms with Gasteiger partial charge >= 0.3 is 24.4 Å². The topological polar surface area (TPSA) is 248 Å². The summed E-state index contributed by atoms with van der Waals surface area (Å²) in [6, 6.07) is 56.1. The number of ether oxygens (including phenoxy) is 13. The summed E-state index contributed by atoms with van der Waals surface area (Å²) in [5.74, 6) is -1.37. The molecule has 14 atom stereocenters. The normalized spacial score (nSPS) is 25.7. The van der Waals surface area contributed by atoms with Crippen molar-refractivity contribution in [3.8, 4) is 0 Å². The number of nitrogens with zero attached hydrogens (tertiary/aromatic N) is 9. The first-order valence-corrected chi connectivity index (χ1v) is 42.6. The predicted molar refractivity (Wildman–Crippen MR) is 447 cm³/mol. The monoisotopic (exact) mass is 1640 g/mol. The summed E-state index contributed by atoms with van der Waals surface area (Å²) in [6.07, 6.45) is -3.78. The summed E-state index contributed by atoms with van der Waals surface area (Å²) in [7, 11) is 0. The zero-order valence-electron chi connectivity index (χ0n) is 71.0. The number of benzene rings is 6. The number of imidazole rings is 1. The fourth-order valence-electron chi connectivity index (χ4n) is 17.6. The third kappa shape index (κ3) is 20.8. The number of unbranched alkanes of at least 4 members (excludes halogenated alkanes) is 2. The highest BCUT2D eigenvalue weighted by Crippen LogP contribution is 2.51. The van der Waals surface area contributed by atoms with Crippen LogP contribution in [0.15, 0.2) is 195 Å². The Bertz CT molecular complexity index is 4640. The smallest absolute Gasteiger partial charge is 0.411 e. The molecule has 640 valence electrons. The molecule has 26 heteroatoms. The zero-order chi connectivity index (χ0) is 83.9. The molecule has 5 saturated heterocycles. The number of carbonyl (C=O) groups is 4. The molecule has 0 bridgehead atoms. The van der Waals surface area contributed by atoms with Crippen LogP contribution in [0.3, 0.4) is 0 Å². The molecule has 7 heterocycles. The van der Waals surface area contributed by atoms with Crippen molar-refractivity contribution in [3.05, 3.63) is 228 Å². The van der Waals surface area contributed by atoms with Gasteiger partial charge in [0.1, 0.15) is 78.0 Å². The van der Waals surface area contributed by atoms with E-state index < -0.39 is 138 Å². The van der Waals surface area contributed by atoms with Crippen LogP contribution in [-0.2, 0) is 101 Å². The van der Waals surface area contributed by atoms with E-state index in [1.807, 2.05) is 218 Å². The minimum atomic E-state index is -1.47. The molecule has 1 spiro atoms. The van der Waals surface area contributed by atoms with Crippen molar-refractivity contribution in [1.29, 1.82) is 0 Å². The highest BCUT2D eigenvalue weighted by atomic mass is 16.8. The van der Waals surface area contributed by atoms with E-state index in [1.54, 1.807) is 53.0 Å². The molecular formula is C94H117N9O17. The highest BCUT2D eigenvalue weighted by Gasteiger charge is 2.64. The summed E-state index contributed by atoms with van der Waals surface area (Å²) >= 11 is 0. The Morgan fingerprint density at radius 2 is 1.00 bits per heavy atom. The van der Waals surface area contributed by atoms with E-state index >= 15 is 14.4 Å². The van der Waals surface area contributed by atoms with Gasteiger partial charge in [-0.3, -0.25) is 19.3 Å². The minimum absolute atomic E-state index is 0.0275. The Balaban J connectivity index is 0.747. The molecule has 6 aromatic carbocycles. The first-order chi connectivity index (χ1) is 57.7. The highest BCUT2D eigenvalue weighted by molar-refractivity contribution is 5.83. The minimum Gasteiger partial charge on any atom is -0.444 e. The first-order valence-electron chi connectivity index (χ1n) is 42.6. The number of amides is 4. The van der Waals surface area contributed by atoms with Gasteiger partial charge in [-0.25, -0.2) is 34.1 Å². The molecule has 2 aliphatic carbocycles. The second-order valence-electron chi connectivity index (χ2n) is 36.1. The second-order valence-corrected chi connectivity index (χ2v) is 36.1. The third-order valence-electron chi connectivity index (χ3n) is 22.9. The Morgan fingerprint density at radius 1 is 0.508 bits per heavy atom. The first kappa shape index (κ1) is 85.4. The maximum absolute atomic E-state index is 15.9. The molecule has 5 aliphatic heterocycles. The number of aromatic nitrogens is 4. The number of hydrogen-bond acceptors (Lipinski definition) is 21. The van der Waals surface area contributed by atoms with Gasteiger partial charge < -0.3 is 71.4 Å². The maximum Gasteiger partial charge on any atom is 0.411 e. The van der Waals surface area contributed by atoms with Gasteiger partial charge in [0.05, 0.1) is 31.6 Å². The van der Waals surface area contributed by atoms with Crippen LogP contribution >= 0.6 is 0 Å². The molecule has 2 saturated carbocycles. The van der Waals surface area contributed by atoms with Crippen molar-refractivity contribution in [1.82, 2.24) is 39.1 Å². The molecule has 120 heavy (non-hydrogen) atoms. The van der Waals surface area contributed by atoms with Crippen LogP contribution in [-0.4, -0.2) is 198 Å². The van der Waals surface area contributed by atoms with E-state index in [4.69, 9.17) is 76.5 Å². The summed E-state index contributed by atoms with van der Waals surface area (Å²) in [6.45, 7) is 22.4. The Labute approximate surface area is 704 Å². The van der Waals surface area contributed by atoms with E-state index in [2.05, 4.69) is 29.2 Å². The van der Waals surface area contributed by atoms with E-state index in [0.29, 0.717) is 68.8 Å². The van der Waals surface area contributed by atoms with E-state index in [-0.39, 0.29) is 52.4 Å². The second kappa shape index (κ2) is 37.0. The fourth-order valence-corrected chi connectivity index (χ4v) is 17.6. The van der Waals surface area contributed by atoms with E-state index in [1.165, 1.54) is 0 Å². The van der Waals surface area contributed by atoms with Crippen molar-refractivity contribution >= 4 is 41.4 Å². The fraction of sp³-hybridized carbons (Fsp3) is 0.521. The zero-order valence-corrected chi connectivity index (χ0v) is 71.0. The molecule has 0 unspecified atom stereocenters. The molecule has 4 amide bonds. The van der Waals surface area contributed by atoms with Crippen molar-refractivity contribution in [2.24, 2.45) is 0 Å². The molecule has 8 aromatic rings. The van der Waals surface area contributed by atoms with Gasteiger partial charge in [-0.1, -0.05) is 188 Å². The number of hydrogen-bond donors (Lipinski definition) is 0. The lowest BCUT2D eigenvalue weighted by atomic mass is 9.81. The quantitative estimate of drug-likeness (QED) is 0.0326. The number of carbonyl (C=O) groups excluding carboxylic acids is 4. The molecule has 0 N–H and O–H groups in total. The lowest BCUT2D eigenvalue weighted by Crippen LogP contribution is -2.72. The third-order valence-corrected chi connectivity index (χ3v) is 22.9. The van der Waals surface area contributed by atoms with Crippen molar-refractivity contribution in [2.45, 2.75) is 287 Å². The summed E-state index contributed by atoms with van der Waals surface area (Å²) in [5, 5.41) is 0. The number of fused-ring (bicyclic) bond motifs is 4. The van der Waals surface area contributed by atoms with Crippen molar-refractivity contribution in [3.63, 3.8) is 0 Å². The van der Waals surface area contributed by atoms with E-state index in [9.17, 15) is 4.79 Å². The average Bonchev–Trinajstić information content (AvgIpc) is 1.54. The van der Waals surface area contributed by atoms with Crippen LogP contribution in [0.5, 0.6) is 0 Å². The average molecular weight is 1650 g/mol. The van der Waals surface area contributed by atoms with Crippen LogP contribution in [0.2, 0.25) is 0 Å². The molecular weight excluding hydrogens is 1530 g/mol. The molecule has 2 aromatic heterocycles. The van der Waals surface area contributed by atoms with Gasteiger partial charge in [0.25, 0.3) is 0 Å². The largest absolute Gasteiger partial charge is 0.444 e. The molecule has 15 rings (SSSR count). The molecule has 7 fully saturated rings. The lowest BCUT2D eigenvalue weighted by Gasteiger charge is -2.54. The molecule has 0 radical (unpaired) electrons. The summed E-state index contributed by atoms with van der Waals surface area (Å²) < 4.78 is 92.9. The molecule has 26 nitrogen and oxygen atoms in total. The predicted octanol–water partition coefficient (Wildman–Crippen LogP) is 16.4. The summed E-state index contributed by atoms with van der Waals surface area (Å²) in [5.41, 5.74) is 3.78. The van der Waals surface area contributed by atoms with Crippen LogP contribution < -0.4 is 4.90 Å². The maximum atomic E-state index is 15.9. The van der Waals surface area contributed by atoms with Gasteiger partial charge in [-0.15, -0.1) is 0 Å². The van der Waals surface area contributed by atoms with Crippen LogP contribution in [0.25, 0.3) is 11.2 Å². The number of rotatable bonds is 28. The SMILES string of the molecule is CC(C)(C)OC(=O)N(Cc1ccccc1)[C@H]1[C@@H](O[C@@H]2[C@H]3OC4(CCCCC4)O[C@@H]3[C@@H](N(Cc3ccccc3)C(=O)OC(C)(C)C)C[C@H]2N(Cc2ccccc2)C(=O)OC(C)(C)C)O[C@@H]2CN(Cc3ccccc3)C(=O)O[C@H]2[C@@H]1OCCCCCOC[C@H]1O[C@@H](n2cnc3c(N(Cc4ccccc4)Cc4ccccc4)ncnc32)[C@@H]2OC(C)(C)O[C@@H]21. The van der Waals surface area contributed by atoms with E-state index in [0.717, 1.165) is 52.6 Å². The standard InChI is InChI=1S/C94H117N9O17/c1-90(2,3)118-87(105)100(56-66-42-26-15-27-43-66)69-52-70(101(88(106)119-91(4,5)6)57-67-44-28-16-29-45-67)76-80(117-94(116-76)48-32-18-33-49-94)75(69)112-85-74(102(89(107)120-92(7,8)9)58-68-46-30-17-31-47-68)79(77-71(111-85)59-99(86(104)113-77)55-65-40-24-14-25-41-65)109-51-35-19-34-50-108-60-72-78-81(115-93(10,11)114-78)84(110-72)103-62-97-73-82(95-61-96-83(73)103)98(53-63-36-20-12-21-37-63)54-64-38-22-13-23-39-64/h12-17,20-31,36-47,61-62,69-72,74-81,84-85H,18-19,32-35,48-60H2,1-11H3/t69-,70+,71-,72-,74-,75+,76-,77-,78-,79-,80-,81-,84-,85-/m1/s1. The van der Waals surface area contributed by atoms with Crippen LogP contribution in [0.1, 0.15) is 174 Å². The van der Waals surface area contributed by atoms with Gasteiger partial charge in [-0.05, 0) is 148 Å². The summed E-state index contributed by atoms with van der Waals surface area (Å²) in [4.78, 5) is 85.5. The van der Waals surface area contributed by atoms with Crippen LogP contribution in [0, 0.1) is 0 Å². The number of anilines is 1. The van der Waals surface area contributed by atoms with Gasteiger partial charge in [0.2, 0.25) is 0 Å². The lowest BCUT2D eigenvalue weighted by molar-refractivity contribution is -0.320. The van der Waals surface area contributed by atoms with Crippen molar-refractivity contribution in [2.75, 3.05) is 31.3 Å². The Hall–Kier alpha value is -9.61. The molecule has 7 aliphatic rings. The van der Waals surface area contributed by atoms with Crippen molar-refractivity contribution < 1.29 is 80.8 Å².